The summed E-state index contributed by atoms with van der Waals surface area (Å²) < 4.78 is 15.6. The third-order valence-electron chi connectivity index (χ3n) is 2.61. The second-order valence-corrected chi connectivity index (χ2v) is 5.06. The van der Waals surface area contributed by atoms with Crippen molar-refractivity contribution in [2.75, 3.05) is 5.73 Å². The molecular weight excluding hydrogens is 348 g/mol. The monoisotopic (exact) mass is 359 g/mol. The Bertz CT molecular complexity index is 654. The molecule has 0 saturated heterocycles. The van der Waals surface area contributed by atoms with Crippen molar-refractivity contribution >= 4 is 28.3 Å². The number of rotatable bonds is 2. The highest BCUT2D eigenvalue weighted by molar-refractivity contribution is 14.1. The van der Waals surface area contributed by atoms with Crippen molar-refractivity contribution in [3.8, 4) is 0 Å². The Kier molecular flexibility index (Phi) is 3.65. The Labute approximate surface area is 117 Å². The molecule has 1 heterocycles. The zero-order valence-corrected chi connectivity index (χ0v) is 11.8. The molecule has 0 aliphatic carbocycles. The molecule has 2 aromatic rings. The summed E-state index contributed by atoms with van der Waals surface area (Å²) in [6, 6.07) is 4.44. The molecule has 1 aromatic carbocycles. The van der Waals surface area contributed by atoms with Crippen molar-refractivity contribution in [1.82, 2.24) is 9.55 Å². The van der Waals surface area contributed by atoms with E-state index in [1.807, 2.05) is 22.6 Å². The number of nitrogens with two attached hydrogens (primary N) is 1. The Morgan fingerprint density at radius 1 is 1.50 bits per heavy atom. The van der Waals surface area contributed by atoms with Crippen LogP contribution in [0.4, 0.5) is 10.1 Å². The van der Waals surface area contributed by atoms with Crippen molar-refractivity contribution in [2.24, 2.45) is 0 Å². The second kappa shape index (κ2) is 5.05. The quantitative estimate of drug-likeness (QED) is 0.659. The Morgan fingerprint density at radius 3 is 2.89 bits per heavy atom. The van der Waals surface area contributed by atoms with Crippen LogP contribution in [-0.4, -0.2) is 9.55 Å². The Hall–Kier alpha value is -1.44. The third kappa shape index (κ3) is 2.53. The second-order valence-electron chi connectivity index (χ2n) is 3.90. The van der Waals surface area contributed by atoms with E-state index in [9.17, 15) is 9.18 Å². The molecule has 1 aromatic heterocycles. The lowest BCUT2D eigenvalue weighted by atomic mass is 10.2. The minimum absolute atomic E-state index is 0.153. The first-order chi connectivity index (χ1) is 8.49. The maximum absolute atomic E-state index is 13.7. The molecule has 0 saturated carbocycles. The fourth-order valence-corrected chi connectivity index (χ4v) is 2.03. The summed E-state index contributed by atoms with van der Waals surface area (Å²) in [5, 5.41) is 0. The summed E-state index contributed by atoms with van der Waals surface area (Å²) in [4.78, 5) is 16.0. The van der Waals surface area contributed by atoms with E-state index >= 15 is 0 Å². The molecule has 2 rings (SSSR count). The van der Waals surface area contributed by atoms with Crippen LogP contribution in [0.2, 0.25) is 0 Å². The van der Waals surface area contributed by atoms with Gasteiger partial charge in [-0.2, -0.15) is 0 Å². The van der Waals surface area contributed by atoms with Gasteiger partial charge in [-0.15, -0.1) is 0 Å². The number of aryl methyl sites for hydroxylation is 1. The van der Waals surface area contributed by atoms with Crippen molar-refractivity contribution in [2.45, 2.75) is 13.5 Å². The summed E-state index contributed by atoms with van der Waals surface area (Å²) in [7, 11) is 0. The minimum atomic E-state index is -0.417. The van der Waals surface area contributed by atoms with Crippen LogP contribution in [0.25, 0.3) is 0 Å². The van der Waals surface area contributed by atoms with Gasteiger partial charge in [-0.3, -0.25) is 9.36 Å². The van der Waals surface area contributed by atoms with Gasteiger partial charge in [-0.25, -0.2) is 9.37 Å². The van der Waals surface area contributed by atoms with Crippen LogP contribution < -0.4 is 11.3 Å². The van der Waals surface area contributed by atoms with E-state index in [2.05, 4.69) is 4.98 Å². The maximum atomic E-state index is 13.7. The lowest BCUT2D eigenvalue weighted by Crippen LogP contribution is -2.26. The maximum Gasteiger partial charge on any atom is 0.267 e. The smallest absolute Gasteiger partial charge is 0.267 e. The molecule has 0 bridgehead atoms. The highest BCUT2D eigenvalue weighted by Crippen LogP contribution is 2.13. The SMILES string of the molecule is Cc1ncc(I)c(=O)n1Cc1ccc(N)cc1F. The molecule has 0 unspecified atom stereocenters. The fraction of sp³-hybridized carbons (Fsp3) is 0.167. The number of hydrogen-bond acceptors (Lipinski definition) is 3. The van der Waals surface area contributed by atoms with Gasteiger partial charge in [0.25, 0.3) is 5.56 Å². The number of benzene rings is 1. The normalized spacial score (nSPS) is 10.6. The molecule has 6 heteroatoms. The van der Waals surface area contributed by atoms with Gasteiger partial charge < -0.3 is 5.73 Å². The molecule has 0 radical (unpaired) electrons. The molecule has 2 N–H and O–H groups in total. The predicted molar refractivity (Wildman–Crippen MR) is 75.9 cm³/mol. The average Bonchev–Trinajstić information content (AvgIpc) is 2.32. The van der Waals surface area contributed by atoms with Gasteiger partial charge in [0.05, 0.1) is 10.1 Å². The van der Waals surface area contributed by atoms with Gasteiger partial charge in [-0.1, -0.05) is 6.07 Å². The average molecular weight is 359 g/mol. The Morgan fingerprint density at radius 2 is 2.22 bits per heavy atom. The van der Waals surface area contributed by atoms with E-state index in [1.54, 1.807) is 19.1 Å². The topological polar surface area (TPSA) is 60.9 Å². The summed E-state index contributed by atoms with van der Waals surface area (Å²) in [5.41, 5.74) is 6.09. The number of anilines is 1. The van der Waals surface area contributed by atoms with Gasteiger partial charge in [0.1, 0.15) is 11.6 Å². The number of nitrogens with zero attached hydrogens (tertiary/aromatic N) is 2. The zero-order valence-electron chi connectivity index (χ0n) is 9.65. The lowest BCUT2D eigenvalue weighted by molar-refractivity contribution is 0.589. The minimum Gasteiger partial charge on any atom is -0.399 e. The number of hydrogen-bond donors (Lipinski definition) is 1. The largest absolute Gasteiger partial charge is 0.399 e. The standard InChI is InChI=1S/C12H11FIN3O/c1-7-16-5-11(14)12(18)17(7)6-8-2-3-9(15)4-10(8)13/h2-5H,6,15H2,1H3. The first-order valence-corrected chi connectivity index (χ1v) is 6.33. The summed E-state index contributed by atoms with van der Waals surface area (Å²) in [6.45, 7) is 1.87. The molecule has 0 spiro atoms. The molecule has 18 heavy (non-hydrogen) atoms. The molecule has 0 aliphatic rings. The van der Waals surface area contributed by atoms with Gasteiger partial charge in [0.15, 0.2) is 0 Å². The summed E-state index contributed by atoms with van der Waals surface area (Å²) >= 11 is 1.91. The molecule has 0 amide bonds. The molecule has 94 valence electrons. The van der Waals surface area contributed by atoms with Crippen LogP contribution >= 0.6 is 22.6 Å². The van der Waals surface area contributed by atoms with Crippen LogP contribution in [0.1, 0.15) is 11.4 Å². The molecular formula is C12H11FIN3O. The van der Waals surface area contributed by atoms with Crippen molar-refractivity contribution < 1.29 is 4.39 Å². The van der Waals surface area contributed by atoms with E-state index < -0.39 is 5.82 Å². The van der Waals surface area contributed by atoms with E-state index in [4.69, 9.17) is 5.73 Å². The predicted octanol–water partition coefficient (Wildman–Crippen LogP) is 1.93. The zero-order chi connectivity index (χ0) is 13.3. The Balaban J connectivity index is 2.46. The van der Waals surface area contributed by atoms with Gasteiger partial charge in [0, 0.05) is 17.4 Å². The van der Waals surface area contributed by atoms with Crippen LogP contribution in [0, 0.1) is 16.3 Å². The number of aromatic nitrogens is 2. The van der Waals surface area contributed by atoms with Crippen molar-refractivity contribution in [3.05, 3.63) is 55.5 Å². The lowest BCUT2D eigenvalue weighted by Gasteiger charge is -2.10. The number of halogens is 2. The van der Waals surface area contributed by atoms with E-state index in [1.165, 1.54) is 16.8 Å². The van der Waals surface area contributed by atoms with Gasteiger partial charge in [0.2, 0.25) is 0 Å². The van der Waals surface area contributed by atoms with Crippen LogP contribution in [0.5, 0.6) is 0 Å². The molecule has 0 atom stereocenters. The highest BCUT2D eigenvalue weighted by Gasteiger charge is 2.09. The van der Waals surface area contributed by atoms with Crippen molar-refractivity contribution in [1.29, 1.82) is 0 Å². The van der Waals surface area contributed by atoms with E-state index in [0.717, 1.165) is 0 Å². The first-order valence-electron chi connectivity index (χ1n) is 5.25. The van der Waals surface area contributed by atoms with Crippen LogP contribution in [-0.2, 0) is 6.54 Å². The highest BCUT2D eigenvalue weighted by atomic mass is 127. The molecule has 0 aliphatic heterocycles. The fourth-order valence-electron chi connectivity index (χ4n) is 1.60. The number of nitrogen functional groups attached to an aromatic ring is 1. The van der Waals surface area contributed by atoms with Gasteiger partial charge in [-0.05, 0) is 41.6 Å². The third-order valence-corrected chi connectivity index (χ3v) is 3.35. The summed E-state index contributed by atoms with van der Waals surface area (Å²) in [5.74, 6) is 0.136. The first kappa shape index (κ1) is 13.0. The molecule has 4 nitrogen and oxygen atoms in total. The molecule has 0 fully saturated rings. The van der Waals surface area contributed by atoms with Crippen LogP contribution in [0.15, 0.2) is 29.2 Å². The van der Waals surface area contributed by atoms with Gasteiger partial charge >= 0.3 is 0 Å². The van der Waals surface area contributed by atoms with E-state index in [-0.39, 0.29) is 12.1 Å². The van der Waals surface area contributed by atoms with Crippen molar-refractivity contribution in [3.63, 3.8) is 0 Å². The van der Waals surface area contributed by atoms with Crippen LogP contribution in [0.3, 0.4) is 0 Å². The summed E-state index contributed by atoms with van der Waals surface area (Å²) in [6.07, 6.45) is 1.51. The van der Waals surface area contributed by atoms with E-state index in [0.29, 0.717) is 20.6 Å².